The topological polar surface area (TPSA) is 44.5 Å². The molecule has 0 fully saturated rings. The van der Waals surface area contributed by atoms with Crippen LogP contribution in [0.4, 0.5) is 5.69 Å². The summed E-state index contributed by atoms with van der Waals surface area (Å²) in [5.74, 6) is 1.43. The molecule has 1 aromatic carbocycles. The first-order valence-electron chi connectivity index (χ1n) is 4.83. The molecule has 0 amide bonds. The number of ether oxygens (including phenoxy) is 2. The highest BCUT2D eigenvalue weighted by molar-refractivity contribution is 5.56. The van der Waals surface area contributed by atoms with Gasteiger partial charge >= 0.3 is 0 Å². The van der Waals surface area contributed by atoms with Gasteiger partial charge in [0.25, 0.3) is 0 Å². The van der Waals surface area contributed by atoms with E-state index in [0.717, 1.165) is 5.75 Å². The van der Waals surface area contributed by atoms with Gasteiger partial charge < -0.3 is 15.2 Å². The van der Waals surface area contributed by atoms with Crippen molar-refractivity contribution < 1.29 is 9.47 Å². The monoisotopic (exact) mass is 207 g/mol. The predicted molar refractivity (Wildman–Crippen MR) is 62.3 cm³/mol. The van der Waals surface area contributed by atoms with E-state index in [9.17, 15) is 0 Å². The maximum absolute atomic E-state index is 5.79. The third-order valence-corrected chi connectivity index (χ3v) is 1.95. The second-order valence-electron chi connectivity index (χ2n) is 3.50. The molecule has 1 aromatic rings. The lowest BCUT2D eigenvalue weighted by atomic mass is 10.3. The zero-order valence-electron chi connectivity index (χ0n) is 9.41. The second-order valence-corrected chi connectivity index (χ2v) is 3.50. The Hall–Kier alpha value is -1.64. The van der Waals surface area contributed by atoms with Crippen LogP contribution in [0.15, 0.2) is 29.8 Å². The average molecular weight is 207 g/mol. The molecule has 0 unspecified atom stereocenters. The fraction of sp³-hybridized carbons (Fsp3) is 0.333. The van der Waals surface area contributed by atoms with Gasteiger partial charge in [-0.1, -0.05) is 5.57 Å². The quantitative estimate of drug-likeness (QED) is 0.609. The molecule has 3 nitrogen and oxygen atoms in total. The Bertz CT molecular complexity index is 355. The molecule has 0 saturated heterocycles. The van der Waals surface area contributed by atoms with Crippen molar-refractivity contribution in [3.8, 4) is 11.5 Å². The maximum Gasteiger partial charge on any atom is 0.142 e. The van der Waals surface area contributed by atoms with Gasteiger partial charge in [0, 0.05) is 6.07 Å². The Labute approximate surface area is 90.5 Å². The van der Waals surface area contributed by atoms with Crippen molar-refractivity contribution in [3.05, 3.63) is 29.8 Å². The SMILES string of the molecule is COc1ccc(OCC=C(C)C)c(N)c1. The van der Waals surface area contributed by atoms with E-state index in [1.54, 1.807) is 13.2 Å². The highest BCUT2D eigenvalue weighted by Gasteiger charge is 2.00. The maximum atomic E-state index is 5.79. The van der Waals surface area contributed by atoms with Crippen LogP contribution in [0.1, 0.15) is 13.8 Å². The van der Waals surface area contributed by atoms with Gasteiger partial charge in [0.15, 0.2) is 0 Å². The van der Waals surface area contributed by atoms with E-state index in [1.165, 1.54) is 5.57 Å². The Morgan fingerprint density at radius 3 is 2.67 bits per heavy atom. The number of benzene rings is 1. The summed E-state index contributed by atoms with van der Waals surface area (Å²) in [7, 11) is 1.61. The highest BCUT2D eigenvalue weighted by Crippen LogP contribution is 2.26. The molecule has 3 heteroatoms. The fourth-order valence-electron chi connectivity index (χ4n) is 1.08. The molecule has 0 aliphatic heterocycles. The van der Waals surface area contributed by atoms with Gasteiger partial charge in [-0.05, 0) is 32.1 Å². The normalized spacial score (nSPS) is 9.53. The van der Waals surface area contributed by atoms with E-state index in [1.807, 2.05) is 32.1 Å². The molecule has 0 atom stereocenters. The number of rotatable bonds is 4. The number of allylic oxidation sites excluding steroid dienone is 1. The number of hydrogen-bond acceptors (Lipinski definition) is 3. The molecule has 0 spiro atoms. The summed E-state index contributed by atoms with van der Waals surface area (Å²) in [6, 6.07) is 5.39. The second kappa shape index (κ2) is 5.29. The Balaban J connectivity index is 2.66. The van der Waals surface area contributed by atoms with Crippen LogP contribution in [0.5, 0.6) is 11.5 Å². The van der Waals surface area contributed by atoms with Gasteiger partial charge in [0.2, 0.25) is 0 Å². The third kappa shape index (κ3) is 3.54. The van der Waals surface area contributed by atoms with Gasteiger partial charge in [-0.15, -0.1) is 0 Å². The number of nitrogens with two attached hydrogens (primary N) is 1. The fourth-order valence-corrected chi connectivity index (χ4v) is 1.08. The first kappa shape index (κ1) is 11.4. The minimum Gasteiger partial charge on any atom is -0.497 e. The summed E-state index contributed by atoms with van der Waals surface area (Å²) < 4.78 is 10.5. The van der Waals surface area contributed by atoms with Gasteiger partial charge in [-0.3, -0.25) is 0 Å². The van der Waals surface area contributed by atoms with Gasteiger partial charge in [0.05, 0.1) is 12.8 Å². The Kier molecular flexibility index (Phi) is 4.03. The molecule has 0 saturated carbocycles. The largest absolute Gasteiger partial charge is 0.497 e. The number of hydrogen-bond donors (Lipinski definition) is 1. The van der Waals surface area contributed by atoms with Crippen LogP contribution < -0.4 is 15.2 Å². The van der Waals surface area contributed by atoms with E-state index in [0.29, 0.717) is 18.0 Å². The molecule has 0 radical (unpaired) electrons. The van der Waals surface area contributed by atoms with Crippen LogP contribution in [-0.4, -0.2) is 13.7 Å². The third-order valence-electron chi connectivity index (χ3n) is 1.95. The van der Waals surface area contributed by atoms with Crippen LogP contribution in [0.2, 0.25) is 0 Å². The van der Waals surface area contributed by atoms with Crippen molar-refractivity contribution in [2.24, 2.45) is 0 Å². The van der Waals surface area contributed by atoms with Crippen molar-refractivity contribution >= 4 is 5.69 Å². The van der Waals surface area contributed by atoms with Crippen molar-refractivity contribution in [1.29, 1.82) is 0 Å². The standard InChI is InChI=1S/C12H17NO2/c1-9(2)6-7-15-12-5-4-10(14-3)8-11(12)13/h4-6,8H,7,13H2,1-3H3. The van der Waals surface area contributed by atoms with Crippen LogP contribution in [-0.2, 0) is 0 Å². The van der Waals surface area contributed by atoms with Crippen molar-refractivity contribution in [3.63, 3.8) is 0 Å². The first-order chi connectivity index (χ1) is 7.13. The van der Waals surface area contributed by atoms with E-state index < -0.39 is 0 Å². The summed E-state index contributed by atoms with van der Waals surface area (Å²) in [6.07, 6.45) is 2.00. The number of nitrogen functional groups attached to an aromatic ring is 1. The van der Waals surface area contributed by atoms with Crippen molar-refractivity contribution in [1.82, 2.24) is 0 Å². The van der Waals surface area contributed by atoms with E-state index in [2.05, 4.69) is 0 Å². The number of methoxy groups -OCH3 is 1. The van der Waals surface area contributed by atoms with Crippen molar-refractivity contribution in [2.75, 3.05) is 19.5 Å². The Morgan fingerprint density at radius 1 is 1.40 bits per heavy atom. The smallest absolute Gasteiger partial charge is 0.142 e. The summed E-state index contributed by atoms with van der Waals surface area (Å²) in [5, 5.41) is 0. The zero-order chi connectivity index (χ0) is 11.3. The van der Waals surface area contributed by atoms with E-state index in [4.69, 9.17) is 15.2 Å². The molecule has 0 aliphatic rings. The molecular weight excluding hydrogens is 190 g/mol. The highest BCUT2D eigenvalue weighted by atomic mass is 16.5. The molecule has 82 valence electrons. The van der Waals surface area contributed by atoms with Crippen LogP contribution in [0.3, 0.4) is 0 Å². The summed E-state index contributed by atoms with van der Waals surface area (Å²) in [4.78, 5) is 0. The lowest BCUT2D eigenvalue weighted by Crippen LogP contribution is -1.98. The van der Waals surface area contributed by atoms with Gasteiger partial charge in [-0.25, -0.2) is 0 Å². The zero-order valence-corrected chi connectivity index (χ0v) is 9.41. The van der Waals surface area contributed by atoms with Crippen LogP contribution in [0, 0.1) is 0 Å². The first-order valence-corrected chi connectivity index (χ1v) is 4.83. The average Bonchev–Trinajstić information content (AvgIpc) is 2.20. The molecule has 0 bridgehead atoms. The molecule has 0 aliphatic carbocycles. The summed E-state index contributed by atoms with van der Waals surface area (Å²) in [5.41, 5.74) is 7.61. The minimum atomic E-state index is 0.541. The molecule has 2 N–H and O–H groups in total. The van der Waals surface area contributed by atoms with Crippen LogP contribution >= 0.6 is 0 Å². The molecule has 0 heterocycles. The lowest BCUT2D eigenvalue weighted by molar-refractivity contribution is 0.362. The molecular formula is C12H17NO2. The lowest BCUT2D eigenvalue weighted by Gasteiger charge is -2.08. The molecule has 15 heavy (non-hydrogen) atoms. The van der Waals surface area contributed by atoms with Gasteiger partial charge in [-0.2, -0.15) is 0 Å². The summed E-state index contributed by atoms with van der Waals surface area (Å²) in [6.45, 7) is 4.60. The van der Waals surface area contributed by atoms with E-state index in [-0.39, 0.29) is 0 Å². The predicted octanol–water partition coefficient (Wildman–Crippen LogP) is 2.62. The van der Waals surface area contributed by atoms with E-state index >= 15 is 0 Å². The summed E-state index contributed by atoms with van der Waals surface area (Å²) >= 11 is 0. The van der Waals surface area contributed by atoms with Crippen molar-refractivity contribution in [2.45, 2.75) is 13.8 Å². The number of anilines is 1. The Morgan fingerprint density at radius 2 is 2.13 bits per heavy atom. The van der Waals surface area contributed by atoms with Gasteiger partial charge in [0.1, 0.15) is 18.1 Å². The molecule has 1 rings (SSSR count). The van der Waals surface area contributed by atoms with Crippen LogP contribution in [0.25, 0.3) is 0 Å². The minimum absolute atomic E-state index is 0.541. The molecule has 0 aromatic heterocycles.